The van der Waals surface area contributed by atoms with Gasteiger partial charge in [0.05, 0.1) is 12.1 Å². The maximum atomic E-state index is 14.2. The lowest BCUT2D eigenvalue weighted by molar-refractivity contribution is 0.179. The minimum atomic E-state index is -0.162. The van der Waals surface area contributed by atoms with Crippen molar-refractivity contribution in [3.8, 4) is 0 Å². The second-order valence-electron chi connectivity index (χ2n) is 7.82. The maximum Gasteiger partial charge on any atom is 0.125 e. The van der Waals surface area contributed by atoms with Crippen molar-refractivity contribution in [1.82, 2.24) is 9.13 Å². The Morgan fingerprint density at radius 3 is 2.61 bits per heavy atom. The van der Waals surface area contributed by atoms with Gasteiger partial charge < -0.3 is 13.9 Å². The first kappa shape index (κ1) is 18.8. The van der Waals surface area contributed by atoms with Crippen LogP contribution in [0.25, 0.3) is 21.8 Å². The molecule has 0 aliphatic carbocycles. The van der Waals surface area contributed by atoms with E-state index in [1.165, 1.54) is 22.2 Å². The Hall–Kier alpha value is -2.59. The highest BCUT2D eigenvalue weighted by atomic mass is 19.1. The number of rotatable bonds is 6. The molecule has 0 saturated heterocycles. The van der Waals surface area contributed by atoms with Crippen molar-refractivity contribution in [2.45, 2.75) is 39.3 Å². The van der Waals surface area contributed by atoms with Crippen LogP contribution in [-0.2, 0) is 31.4 Å². The van der Waals surface area contributed by atoms with Gasteiger partial charge in [-0.15, -0.1) is 0 Å². The number of aromatic nitrogens is 2. The number of ether oxygens (including phenoxy) is 1. The van der Waals surface area contributed by atoms with E-state index in [0.29, 0.717) is 12.5 Å². The Balaban J connectivity index is 1.68. The highest BCUT2D eigenvalue weighted by Gasteiger charge is 2.13. The number of hydrogen-bond donors (Lipinski definition) is 0. The Morgan fingerprint density at radius 2 is 1.86 bits per heavy atom. The van der Waals surface area contributed by atoms with Crippen molar-refractivity contribution in [1.29, 1.82) is 0 Å². The fourth-order valence-electron chi connectivity index (χ4n) is 4.18. The molecule has 4 heteroatoms. The summed E-state index contributed by atoms with van der Waals surface area (Å²) in [5.41, 5.74) is 5.74. The number of halogens is 1. The van der Waals surface area contributed by atoms with Crippen molar-refractivity contribution < 1.29 is 9.13 Å². The molecule has 0 N–H and O–H groups in total. The Labute approximate surface area is 165 Å². The van der Waals surface area contributed by atoms with E-state index in [1.54, 1.807) is 19.2 Å². The molecule has 0 fully saturated rings. The molecule has 0 bridgehead atoms. The lowest BCUT2D eigenvalue weighted by Crippen LogP contribution is -2.01. The zero-order valence-corrected chi connectivity index (χ0v) is 17.0. The van der Waals surface area contributed by atoms with Crippen LogP contribution in [0, 0.1) is 5.82 Å². The highest BCUT2D eigenvalue weighted by Crippen LogP contribution is 2.29. The molecule has 2 aromatic carbocycles. The summed E-state index contributed by atoms with van der Waals surface area (Å²) in [6.07, 6.45) is 2.97. The van der Waals surface area contributed by atoms with Gasteiger partial charge in [-0.25, -0.2) is 4.39 Å². The van der Waals surface area contributed by atoms with Crippen molar-refractivity contribution in [3.63, 3.8) is 0 Å². The van der Waals surface area contributed by atoms with Crippen LogP contribution >= 0.6 is 0 Å². The van der Waals surface area contributed by atoms with E-state index in [4.69, 9.17) is 4.74 Å². The molecule has 0 aliphatic heterocycles. The fourth-order valence-corrected chi connectivity index (χ4v) is 4.18. The standard InChI is InChI=1S/C24H27FN2O/c1-16(2)21-12-18(25)13-24-20(21)9-11-27(24)10-8-17-6-5-7-23-22(17)14-19(15-28-4)26(23)3/h5-7,9,11-14,16H,8,10,15H2,1-4H3. The predicted molar refractivity (Wildman–Crippen MR) is 113 cm³/mol. The SMILES string of the molecule is COCc1cc2c(CCn3ccc4c(C(C)C)cc(F)cc43)cccc2n1C. The Morgan fingerprint density at radius 1 is 1.04 bits per heavy atom. The van der Waals surface area contributed by atoms with Crippen LogP contribution in [0.15, 0.2) is 48.7 Å². The van der Waals surface area contributed by atoms with E-state index in [9.17, 15) is 4.39 Å². The summed E-state index contributed by atoms with van der Waals surface area (Å²) in [5, 5.41) is 2.42. The molecular formula is C24H27FN2O. The third-order valence-electron chi connectivity index (χ3n) is 5.70. The number of hydrogen-bond acceptors (Lipinski definition) is 1. The lowest BCUT2D eigenvalue weighted by Gasteiger charge is -2.11. The van der Waals surface area contributed by atoms with Gasteiger partial charge in [0, 0.05) is 48.9 Å². The zero-order chi connectivity index (χ0) is 19.8. The van der Waals surface area contributed by atoms with Crippen LogP contribution in [0.4, 0.5) is 4.39 Å². The number of methoxy groups -OCH3 is 1. The van der Waals surface area contributed by atoms with E-state index in [2.05, 4.69) is 66.6 Å². The fraction of sp³-hybridized carbons (Fsp3) is 0.333. The molecule has 4 rings (SSSR count). The second kappa shape index (κ2) is 7.44. The third kappa shape index (κ3) is 3.22. The molecule has 0 radical (unpaired) electrons. The summed E-state index contributed by atoms with van der Waals surface area (Å²) < 4.78 is 23.9. The van der Waals surface area contributed by atoms with E-state index >= 15 is 0 Å². The Kier molecular flexibility index (Phi) is 4.98. The van der Waals surface area contributed by atoms with Gasteiger partial charge in [-0.3, -0.25) is 0 Å². The zero-order valence-electron chi connectivity index (χ0n) is 17.0. The van der Waals surface area contributed by atoms with Crippen molar-refractivity contribution in [3.05, 3.63) is 71.3 Å². The average molecular weight is 378 g/mol. The smallest absolute Gasteiger partial charge is 0.125 e. The molecule has 0 atom stereocenters. The molecular weight excluding hydrogens is 351 g/mol. The second-order valence-corrected chi connectivity index (χ2v) is 7.82. The van der Waals surface area contributed by atoms with E-state index in [-0.39, 0.29) is 5.82 Å². The van der Waals surface area contributed by atoms with Gasteiger partial charge in [0.25, 0.3) is 0 Å². The molecule has 2 heterocycles. The molecule has 2 aromatic heterocycles. The van der Waals surface area contributed by atoms with Crippen molar-refractivity contribution in [2.75, 3.05) is 7.11 Å². The third-order valence-corrected chi connectivity index (χ3v) is 5.70. The summed E-state index contributed by atoms with van der Waals surface area (Å²) >= 11 is 0. The minimum absolute atomic E-state index is 0.162. The number of aryl methyl sites for hydroxylation is 3. The predicted octanol–water partition coefficient (Wildman–Crippen LogP) is 5.78. The van der Waals surface area contributed by atoms with Gasteiger partial charge >= 0.3 is 0 Å². The van der Waals surface area contributed by atoms with Gasteiger partial charge in [0.1, 0.15) is 5.82 Å². The van der Waals surface area contributed by atoms with Gasteiger partial charge in [-0.2, -0.15) is 0 Å². The average Bonchev–Trinajstić information content (AvgIpc) is 3.21. The van der Waals surface area contributed by atoms with Crippen LogP contribution in [0.1, 0.15) is 36.6 Å². The molecule has 0 spiro atoms. The van der Waals surface area contributed by atoms with Gasteiger partial charge in [-0.05, 0) is 53.8 Å². The van der Waals surface area contributed by atoms with Crippen LogP contribution in [0.2, 0.25) is 0 Å². The quantitative estimate of drug-likeness (QED) is 0.416. The molecule has 0 saturated carbocycles. The molecule has 0 unspecified atom stereocenters. The molecule has 0 aliphatic rings. The first-order valence-electron chi connectivity index (χ1n) is 9.83. The largest absolute Gasteiger partial charge is 0.378 e. The summed E-state index contributed by atoms with van der Waals surface area (Å²) in [7, 11) is 3.80. The summed E-state index contributed by atoms with van der Waals surface area (Å²) in [6, 6.07) is 14.1. The molecule has 146 valence electrons. The molecule has 3 nitrogen and oxygen atoms in total. The van der Waals surface area contributed by atoms with Gasteiger partial charge in [0.2, 0.25) is 0 Å². The number of nitrogens with zero attached hydrogens (tertiary/aromatic N) is 2. The number of benzene rings is 2. The normalized spacial score (nSPS) is 11.9. The number of fused-ring (bicyclic) bond motifs is 2. The first-order valence-corrected chi connectivity index (χ1v) is 9.83. The molecule has 0 amide bonds. The first-order chi connectivity index (χ1) is 13.5. The summed E-state index contributed by atoms with van der Waals surface area (Å²) in [6.45, 7) is 5.64. The van der Waals surface area contributed by atoms with Crippen LogP contribution in [0.3, 0.4) is 0 Å². The summed E-state index contributed by atoms with van der Waals surface area (Å²) in [5.74, 6) is 0.136. The summed E-state index contributed by atoms with van der Waals surface area (Å²) in [4.78, 5) is 0. The van der Waals surface area contributed by atoms with Crippen molar-refractivity contribution >= 4 is 21.8 Å². The Bertz CT molecular complexity index is 1140. The van der Waals surface area contributed by atoms with Crippen molar-refractivity contribution in [2.24, 2.45) is 7.05 Å². The maximum absolute atomic E-state index is 14.2. The lowest BCUT2D eigenvalue weighted by atomic mass is 9.99. The topological polar surface area (TPSA) is 19.1 Å². The van der Waals surface area contributed by atoms with Crippen LogP contribution in [-0.4, -0.2) is 16.2 Å². The molecule has 4 aromatic rings. The van der Waals surface area contributed by atoms with E-state index in [1.807, 2.05) is 0 Å². The minimum Gasteiger partial charge on any atom is -0.378 e. The van der Waals surface area contributed by atoms with E-state index < -0.39 is 0 Å². The van der Waals surface area contributed by atoms with Crippen LogP contribution in [0.5, 0.6) is 0 Å². The van der Waals surface area contributed by atoms with Crippen LogP contribution < -0.4 is 0 Å². The van der Waals surface area contributed by atoms with E-state index in [0.717, 1.165) is 29.4 Å². The highest BCUT2D eigenvalue weighted by molar-refractivity contribution is 5.85. The molecule has 28 heavy (non-hydrogen) atoms. The monoisotopic (exact) mass is 378 g/mol. The van der Waals surface area contributed by atoms with Gasteiger partial charge in [-0.1, -0.05) is 26.0 Å². The van der Waals surface area contributed by atoms with Gasteiger partial charge in [0.15, 0.2) is 0 Å².